The molecule has 1 fully saturated rings. The fourth-order valence-corrected chi connectivity index (χ4v) is 0.975. The molecule has 0 spiro atoms. The number of likely N-dealkylation sites (N-methyl/N-ethyl adjacent to an activating group) is 1. The molecular weight excluding hydrogens is 102 g/mol. The molecule has 0 bridgehead atoms. The SMILES string of the molecule is CN[C@H](CO)C1CC1. The van der Waals surface area contributed by atoms with E-state index in [9.17, 15) is 0 Å². The van der Waals surface area contributed by atoms with Gasteiger partial charge in [-0.2, -0.15) is 0 Å². The monoisotopic (exact) mass is 115 g/mol. The molecule has 0 aliphatic heterocycles. The van der Waals surface area contributed by atoms with Crippen molar-refractivity contribution in [1.82, 2.24) is 5.32 Å². The van der Waals surface area contributed by atoms with E-state index in [4.69, 9.17) is 5.11 Å². The van der Waals surface area contributed by atoms with Crippen molar-refractivity contribution in [2.24, 2.45) is 5.92 Å². The van der Waals surface area contributed by atoms with Crippen molar-refractivity contribution >= 4 is 0 Å². The van der Waals surface area contributed by atoms with Crippen LogP contribution in [0.15, 0.2) is 0 Å². The molecular formula is C6H13NO. The summed E-state index contributed by atoms with van der Waals surface area (Å²) in [5.74, 6) is 0.769. The van der Waals surface area contributed by atoms with Crippen LogP contribution in [0.1, 0.15) is 12.8 Å². The predicted octanol–water partition coefficient (Wildman–Crippen LogP) is -0.0233. The Kier molecular flexibility index (Phi) is 1.86. The zero-order valence-corrected chi connectivity index (χ0v) is 5.22. The summed E-state index contributed by atoms with van der Waals surface area (Å²) in [6.45, 7) is 0.293. The molecule has 8 heavy (non-hydrogen) atoms. The summed E-state index contributed by atoms with van der Waals surface area (Å²) in [4.78, 5) is 0. The van der Waals surface area contributed by atoms with Crippen LogP contribution >= 0.6 is 0 Å². The molecule has 0 aromatic rings. The number of aliphatic hydroxyl groups excluding tert-OH is 1. The Balaban J connectivity index is 2.15. The van der Waals surface area contributed by atoms with Gasteiger partial charge in [-0.3, -0.25) is 0 Å². The second-order valence-electron chi connectivity index (χ2n) is 2.42. The zero-order chi connectivity index (χ0) is 5.98. The summed E-state index contributed by atoms with van der Waals surface area (Å²) < 4.78 is 0. The van der Waals surface area contributed by atoms with Crippen molar-refractivity contribution in [2.75, 3.05) is 13.7 Å². The van der Waals surface area contributed by atoms with E-state index in [1.807, 2.05) is 7.05 Å². The molecule has 0 heterocycles. The van der Waals surface area contributed by atoms with E-state index in [2.05, 4.69) is 5.32 Å². The van der Waals surface area contributed by atoms with Gasteiger partial charge in [-0.1, -0.05) is 0 Å². The van der Waals surface area contributed by atoms with Gasteiger partial charge in [-0.05, 0) is 25.8 Å². The average Bonchev–Trinajstić information content (AvgIpc) is 2.53. The normalized spacial score (nSPS) is 23.2. The Hall–Kier alpha value is -0.0800. The van der Waals surface area contributed by atoms with Crippen LogP contribution in [0.25, 0.3) is 0 Å². The number of aliphatic hydroxyl groups is 1. The van der Waals surface area contributed by atoms with Gasteiger partial charge in [0.25, 0.3) is 0 Å². The number of hydrogen-bond acceptors (Lipinski definition) is 2. The zero-order valence-electron chi connectivity index (χ0n) is 5.22. The highest BCUT2D eigenvalue weighted by atomic mass is 16.3. The van der Waals surface area contributed by atoms with E-state index in [1.165, 1.54) is 12.8 Å². The molecule has 0 amide bonds. The van der Waals surface area contributed by atoms with Gasteiger partial charge >= 0.3 is 0 Å². The summed E-state index contributed by atoms with van der Waals surface area (Å²) >= 11 is 0. The van der Waals surface area contributed by atoms with Crippen LogP contribution in [-0.4, -0.2) is 24.8 Å². The quantitative estimate of drug-likeness (QED) is 0.541. The minimum absolute atomic E-state index is 0.293. The number of nitrogens with one attached hydrogen (secondary N) is 1. The molecule has 2 N–H and O–H groups in total. The van der Waals surface area contributed by atoms with Gasteiger partial charge < -0.3 is 10.4 Å². The molecule has 1 rings (SSSR count). The van der Waals surface area contributed by atoms with Crippen LogP contribution in [0, 0.1) is 5.92 Å². The number of rotatable bonds is 3. The predicted molar refractivity (Wildman–Crippen MR) is 32.7 cm³/mol. The molecule has 2 heteroatoms. The van der Waals surface area contributed by atoms with Crippen LogP contribution in [0.3, 0.4) is 0 Å². The third-order valence-corrected chi connectivity index (χ3v) is 1.76. The first kappa shape index (κ1) is 6.05. The molecule has 0 aromatic carbocycles. The maximum absolute atomic E-state index is 8.67. The van der Waals surface area contributed by atoms with Gasteiger partial charge in [0.1, 0.15) is 0 Å². The molecule has 0 saturated heterocycles. The van der Waals surface area contributed by atoms with Gasteiger partial charge in [-0.25, -0.2) is 0 Å². The second-order valence-corrected chi connectivity index (χ2v) is 2.42. The second kappa shape index (κ2) is 2.46. The van der Waals surface area contributed by atoms with Crippen molar-refractivity contribution in [3.63, 3.8) is 0 Å². The van der Waals surface area contributed by atoms with Crippen LogP contribution in [0.2, 0.25) is 0 Å². The Morgan fingerprint density at radius 3 is 2.50 bits per heavy atom. The summed E-state index contributed by atoms with van der Waals surface area (Å²) in [6.07, 6.45) is 2.60. The molecule has 0 aromatic heterocycles. The minimum atomic E-state index is 0.293. The van der Waals surface area contributed by atoms with Crippen LogP contribution in [-0.2, 0) is 0 Å². The van der Waals surface area contributed by atoms with Crippen molar-refractivity contribution in [3.05, 3.63) is 0 Å². The highest BCUT2D eigenvalue weighted by Crippen LogP contribution is 2.31. The van der Waals surface area contributed by atoms with Crippen molar-refractivity contribution < 1.29 is 5.11 Å². The van der Waals surface area contributed by atoms with Gasteiger partial charge in [0.05, 0.1) is 6.61 Å². The van der Waals surface area contributed by atoms with Crippen molar-refractivity contribution in [2.45, 2.75) is 18.9 Å². The third kappa shape index (κ3) is 1.20. The Bertz CT molecular complexity index is 66.9. The first-order valence-electron chi connectivity index (χ1n) is 3.16. The van der Waals surface area contributed by atoms with Gasteiger partial charge in [0, 0.05) is 6.04 Å². The molecule has 0 unspecified atom stereocenters. The lowest BCUT2D eigenvalue weighted by Crippen LogP contribution is -2.30. The van der Waals surface area contributed by atoms with Gasteiger partial charge in [-0.15, -0.1) is 0 Å². The summed E-state index contributed by atoms with van der Waals surface area (Å²) in [7, 11) is 1.90. The lowest BCUT2D eigenvalue weighted by atomic mass is 10.2. The van der Waals surface area contributed by atoms with E-state index in [-0.39, 0.29) is 0 Å². The average molecular weight is 115 g/mol. The summed E-state index contributed by atoms with van der Waals surface area (Å²) in [6, 6.07) is 0.370. The molecule has 48 valence electrons. The van der Waals surface area contributed by atoms with E-state index in [0.717, 1.165) is 5.92 Å². The lowest BCUT2D eigenvalue weighted by Gasteiger charge is -2.09. The fraction of sp³-hybridized carbons (Fsp3) is 1.00. The van der Waals surface area contributed by atoms with Crippen molar-refractivity contribution in [3.8, 4) is 0 Å². The van der Waals surface area contributed by atoms with Crippen molar-refractivity contribution in [1.29, 1.82) is 0 Å². The topological polar surface area (TPSA) is 32.3 Å². The summed E-state index contributed by atoms with van der Waals surface area (Å²) in [5.41, 5.74) is 0. The highest BCUT2D eigenvalue weighted by Gasteiger charge is 2.28. The smallest absolute Gasteiger partial charge is 0.0587 e. The van der Waals surface area contributed by atoms with E-state index in [1.54, 1.807) is 0 Å². The molecule has 1 aliphatic rings. The first-order chi connectivity index (χ1) is 3.88. The summed E-state index contributed by atoms with van der Waals surface area (Å²) in [5, 5.41) is 11.7. The van der Waals surface area contributed by atoms with Crippen LogP contribution in [0.4, 0.5) is 0 Å². The molecule has 1 atom stereocenters. The molecule has 0 radical (unpaired) electrons. The van der Waals surface area contributed by atoms with Gasteiger partial charge in [0.2, 0.25) is 0 Å². The van der Waals surface area contributed by atoms with Crippen LogP contribution in [0.5, 0.6) is 0 Å². The third-order valence-electron chi connectivity index (χ3n) is 1.76. The van der Waals surface area contributed by atoms with E-state index >= 15 is 0 Å². The maximum Gasteiger partial charge on any atom is 0.0587 e. The van der Waals surface area contributed by atoms with E-state index < -0.39 is 0 Å². The Labute approximate surface area is 49.9 Å². The highest BCUT2D eigenvalue weighted by molar-refractivity contribution is 4.84. The molecule has 1 saturated carbocycles. The Morgan fingerprint density at radius 2 is 2.38 bits per heavy atom. The van der Waals surface area contributed by atoms with Crippen LogP contribution < -0.4 is 5.32 Å². The molecule has 1 aliphatic carbocycles. The first-order valence-corrected chi connectivity index (χ1v) is 3.16. The Morgan fingerprint density at radius 1 is 1.75 bits per heavy atom. The lowest BCUT2D eigenvalue weighted by molar-refractivity contribution is 0.235. The standard InChI is InChI=1S/C6H13NO/c1-7-6(4-8)5-2-3-5/h5-8H,2-4H2,1H3/t6-/m1/s1. The largest absolute Gasteiger partial charge is 0.395 e. The van der Waals surface area contributed by atoms with E-state index in [0.29, 0.717) is 12.6 Å². The molecule has 2 nitrogen and oxygen atoms in total. The van der Waals surface area contributed by atoms with Gasteiger partial charge in [0.15, 0.2) is 0 Å². The number of hydrogen-bond donors (Lipinski definition) is 2. The maximum atomic E-state index is 8.67. The minimum Gasteiger partial charge on any atom is -0.395 e. The fourth-order valence-electron chi connectivity index (χ4n) is 0.975.